The van der Waals surface area contributed by atoms with Crippen molar-refractivity contribution in [2.75, 3.05) is 5.32 Å². The maximum absolute atomic E-state index is 12.3. The number of amides is 2. The van der Waals surface area contributed by atoms with Crippen molar-refractivity contribution >= 4 is 35.0 Å². The molecular weight excluding hydrogens is 354 g/mol. The molecule has 2 aromatic rings. The van der Waals surface area contributed by atoms with Crippen molar-refractivity contribution in [3.63, 3.8) is 0 Å². The van der Waals surface area contributed by atoms with Crippen molar-refractivity contribution in [2.24, 2.45) is 0 Å². The number of hydrogen-bond acceptors (Lipinski definition) is 5. The van der Waals surface area contributed by atoms with Crippen LogP contribution >= 0.6 is 11.8 Å². The van der Waals surface area contributed by atoms with Gasteiger partial charge < -0.3 is 10.6 Å². The summed E-state index contributed by atoms with van der Waals surface area (Å²) in [5.74, 6) is -0.483. The monoisotopic (exact) mass is 371 g/mol. The van der Waals surface area contributed by atoms with Gasteiger partial charge in [0.1, 0.15) is 0 Å². The molecule has 2 amide bonds. The van der Waals surface area contributed by atoms with Gasteiger partial charge in [-0.1, -0.05) is 24.3 Å². The summed E-state index contributed by atoms with van der Waals surface area (Å²) >= 11 is 1.36. The Labute approximate surface area is 154 Å². The first-order chi connectivity index (χ1) is 12.4. The van der Waals surface area contributed by atoms with Gasteiger partial charge in [-0.15, -0.1) is 11.8 Å². The number of carbonyl (C=O) groups is 2. The van der Waals surface area contributed by atoms with Crippen LogP contribution in [0.4, 0.5) is 11.4 Å². The molecule has 2 N–H and O–H groups in total. The third-order valence-corrected chi connectivity index (χ3v) is 5.31. The zero-order valence-electron chi connectivity index (χ0n) is 14.0. The Bertz CT molecular complexity index is 871. The summed E-state index contributed by atoms with van der Waals surface area (Å²) in [6.45, 7) is 1.75. The molecule has 0 bridgehead atoms. The zero-order chi connectivity index (χ0) is 18.7. The van der Waals surface area contributed by atoms with E-state index in [1.807, 2.05) is 24.3 Å². The van der Waals surface area contributed by atoms with Gasteiger partial charge in [0, 0.05) is 23.4 Å². The molecule has 0 aromatic heterocycles. The second-order valence-electron chi connectivity index (χ2n) is 5.94. The van der Waals surface area contributed by atoms with Crippen LogP contribution in [0.2, 0.25) is 0 Å². The summed E-state index contributed by atoms with van der Waals surface area (Å²) in [4.78, 5) is 35.8. The summed E-state index contributed by atoms with van der Waals surface area (Å²) in [5, 5.41) is 16.0. The van der Waals surface area contributed by atoms with Crippen molar-refractivity contribution in [3.8, 4) is 0 Å². The number of hydrogen-bond donors (Lipinski definition) is 2. The molecule has 2 unspecified atom stereocenters. The molecule has 2 aromatic carbocycles. The maximum atomic E-state index is 12.3. The van der Waals surface area contributed by atoms with Gasteiger partial charge in [-0.25, -0.2) is 0 Å². The average molecular weight is 371 g/mol. The predicted molar refractivity (Wildman–Crippen MR) is 99.0 cm³/mol. The molecule has 134 valence electrons. The van der Waals surface area contributed by atoms with Crippen LogP contribution in [0.3, 0.4) is 0 Å². The molecule has 0 radical (unpaired) electrons. The number of rotatable bonds is 5. The van der Waals surface area contributed by atoms with Crippen molar-refractivity contribution in [3.05, 3.63) is 64.2 Å². The fourth-order valence-corrected chi connectivity index (χ4v) is 3.80. The van der Waals surface area contributed by atoms with E-state index in [2.05, 4.69) is 10.6 Å². The number of benzene rings is 2. The molecule has 1 aliphatic rings. The zero-order valence-corrected chi connectivity index (χ0v) is 14.8. The average Bonchev–Trinajstić information content (AvgIpc) is 2.62. The Kier molecular flexibility index (Phi) is 5.22. The minimum absolute atomic E-state index is 0.0255. The number of thioether (sulfide) groups is 1. The normalized spacial score (nSPS) is 17.0. The SMILES string of the molecule is CC(NC(=O)CC1Sc2ccccc2NC1=O)c1cccc([N+](=O)[O-])c1. The van der Waals surface area contributed by atoms with E-state index in [1.54, 1.807) is 19.1 Å². The fraction of sp³-hybridized carbons (Fsp3) is 0.222. The number of non-ortho nitro benzene ring substituents is 1. The van der Waals surface area contributed by atoms with E-state index in [1.165, 1.54) is 23.9 Å². The largest absolute Gasteiger partial charge is 0.350 e. The quantitative estimate of drug-likeness (QED) is 0.620. The summed E-state index contributed by atoms with van der Waals surface area (Å²) < 4.78 is 0. The first-order valence-corrected chi connectivity index (χ1v) is 8.92. The maximum Gasteiger partial charge on any atom is 0.269 e. The van der Waals surface area contributed by atoms with Gasteiger partial charge in [0.15, 0.2) is 0 Å². The standard InChI is InChI=1S/C18H17N3O4S/c1-11(12-5-4-6-13(9-12)21(24)25)19-17(22)10-16-18(23)20-14-7-2-3-8-15(14)26-16/h2-9,11,16H,10H2,1H3,(H,19,22)(H,20,23). The van der Waals surface area contributed by atoms with Crippen LogP contribution in [0.1, 0.15) is 24.9 Å². The molecule has 7 nitrogen and oxygen atoms in total. The summed E-state index contributed by atoms with van der Waals surface area (Å²) in [6.07, 6.45) is 0.0318. The van der Waals surface area contributed by atoms with Gasteiger partial charge in [0.25, 0.3) is 5.69 Å². The van der Waals surface area contributed by atoms with Gasteiger partial charge >= 0.3 is 0 Å². The smallest absolute Gasteiger partial charge is 0.269 e. The minimum Gasteiger partial charge on any atom is -0.350 e. The fourth-order valence-electron chi connectivity index (χ4n) is 2.69. The highest BCUT2D eigenvalue weighted by Gasteiger charge is 2.29. The summed E-state index contributed by atoms with van der Waals surface area (Å²) in [7, 11) is 0. The second kappa shape index (κ2) is 7.57. The number of nitro groups is 1. The minimum atomic E-state index is -0.512. The molecule has 2 atom stereocenters. The third-order valence-electron chi connectivity index (χ3n) is 4.04. The Morgan fingerprint density at radius 1 is 1.31 bits per heavy atom. The topological polar surface area (TPSA) is 101 Å². The summed E-state index contributed by atoms with van der Waals surface area (Å²) in [5.41, 5.74) is 1.37. The molecular formula is C18H17N3O4S. The lowest BCUT2D eigenvalue weighted by Crippen LogP contribution is -2.35. The van der Waals surface area contributed by atoms with E-state index in [4.69, 9.17) is 0 Å². The van der Waals surface area contributed by atoms with E-state index >= 15 is 0 Å². The molecule has 1 heterocycles. The molecule has 8 heteroatoms. The number of para-hydroxylation sites is 1. The lowest BCUT2D eigenvalue weighted by molar-refractivity contribution is -0.384. The van der Waals surface area contributed by atoms with Gasteiger partial charge in [-0.3, -0.25) is 19.7 Å². The van der Waals surface area contributed by atoms with Gasteiger partial charge in [0.2, 0.25) is 11.8 Å². The van der Waals surface area contributed by atoms with Crippen LogP contribution in [0.5, 0.6) is 0 Å². The molecule has 0 saturated heterocycles. The Balaban J connectivity index is 1.63. The number of nitrogens with one attached hydrogen (secondary N) is 2. The predicted octanol–water partition coefficient (Wildman–Crippen LogP) is 3.28. The van der Waals surface area contributed by atoms with Crippen molar-refractivity contribution in [1.82, 2.24) is 5.32 Å². The Hall–Kier alpha value is -2.87. The highest BCUT2D eigenvalue weighted by Crippen LogP contribution is 2.36. The second-order valence-corrected chi connectivity index (χ2v) is 7.18. The lowest BCUT2D eigenvalue weighted by Gasteiger charge is -2.24. The van der Waals surface area contributed by atoms with Crippen LogP contribution in [-0.4, -0.2) is 22.0 Å². The van der Waals surface area contributed by atoms with E-state index < -0.39 is 16.2 Å². The van der Waals surface area contributed by atoms with E-state index in [0.29, 0.717) is 5.56 Å². The van der Waals surface area contributed by atoms with Crippen molar-refractivity contribution in [2.45, 2.75) is 29.5 Å². The number of carbonyl (C=O) groups excluding carboxylic acids is 2. The lowest BCUT2D eigenvalue weighted by atomic mass is 10.1. The van der Waals surface area contributed by atoms with Crippen LogP contribution in [0.15, 0.2) is 53.4 Å². The molecule has 0 aliphatic carbocycles. The van der Waals surface area contributed by atoms with E-state index in [-0.39, 0.29) is 23.9 Å². The van der Waals surface area contributed by atoms with Crippen LogP contribution in [-0.2, 0) is 9.59 Å². The van der Waals surface area contributed by atoms with Crippen LogP contribution < -0.4 is 10.6 Å². The van der Waals surface area contributed by atoms with E-state index in [0.717, 1.165) is 10.6 Å². The van der Waals surface area contributed by atoms with Gasteiger partial charge in [-0.05, 0) is 24.6 Å². The Morgan fingerprint density at radius 2 is 2.08 bits per heavy atom. The first-order valence-electron chi connectivity index (χ1n) is 8.04. The molecule has 3 rings (SSSR count). The highest BCUT2D eigenvalue weighted by molar-refractivity contribution is 8.01. The molecule has 0 spiro atoms. The van der Waals surface area contributed by atoms with Crippen LogP contribution in [0.25, 0.3) is 0 Å². The molecule has 26 heavy (non-hydrogen) atoms. The number of nitro benzene ring substituents is 1. The van der Waals surface area contributed by atoms with Crippen molar-refractivity contribution in [1.29, 1.82) is 0 Å². The van der Waals surface area contributed by atoms with Crippen molar-refractivity contribution < 1.29 is 14.5 Å². The van der Waals surface area contributed by atoms with Gasteiger partial charge in [-0.2, -0.15) is 0 Å². The highest BCUT2D eigenvalue weighted by atomic mass is 32.2. The summed E-state index contributed by atoms with van der Waals surface area (Å²) in [6, 6.07) is 13.2. The number of nitrogens with zero attached hydrogens (tertiary/aromatic N) is 1. The first kappa shape index (κ1) is 17.9. The number of fused-ring (bicyclic) bond motifs is 1. The number of anilines is 1. The van der Waals surface area contributed by atoms with Crippen LogP contribution in [0, 0.1) is 10.1 Å². The molecule has 0 fully saturated rings. The Morgan fingerprint density at radius 3 is 2.85 bits per heavy atom. The van der Waals surface area contributed by atoms with E-state index in [9.17, 15) is 19.7 Å². The third kappa shape index (κ3) is 4.02. The molecule has 0 saturated carbocycles. The van der Waals surface area contributed by atoms with Gasteiger partial charge in [0.05, 0.1) is 21.9 Å². The molecule has 1 aliphatic heterocycles.